The number of hydrogen-bond donors (Lipinski definition) is 1. The number of benzene rings is 1. The highest BCUT2D eigenvalue weighted by molar-refractivity contribution is 5.80. The minimum atomic E-state index is 0.0350. The third-order valence-electron chi connectivity index (χ3n) is 3.89. The first-order valence-corrected chi connectivity index (χ1v) is 6.46. The number of nitrogens with one attached hydrogen (secondary N) is 1. The Morgan fingerprint density at radius 3 is 2.78 bits per heavy atom. The molecule has 1 aromatic heterocycles. The van der Waals surface area contributed by atoms with E-state index in [4.69, 9.17) is 4.74 Å². The van der Waals surface area contributed by atoms with Crippen LogP contribution in [0.25, 0.3) is 10.9 Å². The van der Waals surface area contributed by atoms with Crippen LogP contribution in [0.15, 0.2) is 36.4 Å². The van der Waals surface area contributed by atoms with Crippen molar-refractivity contribution >= 4 is 16.7 Å². The third-order valence-corrected chi connectivity index (χ3v) is 3.89. The average Bonchev–Trinajstić information content (AvgIpc) is 2.38. The van der Waals surface area contributed by atoms with Gasteiger partial charge in [0.15, 0.2) is 0 Å². The summed E-state index contributed by atoms with van der Waals surface area (Å²) in [7, 11) is 1.80. The zero-order chi connectivity index (χ0) is 12.4. The zero-order valence-electron chi connectivity index (χ0n) is 10.6. The Morgan fingerprint density at radius 2 is 2.06 bits per heavy atom. The smallest absolute Gasteiger partial charge is 0.126 e. The Bertz CT molecular complexity index is 543. The van der Waals surface area contributed by atoms with Gasteiger partial charge >= 0.3 is 0 Å². The van der Waals surface area contributed by atoms with Gasteiger partial charge in [-0.2, -0.15) is 0 Å². The summed E-state index contributed by atoms with van der Waals surface area (Å²) >= 11 is 0. The molecule has 0 aliphatic heterocycles. The Hall–Kier alpha value is -1.61. The number of ether oxygens (including phenoxy) is 1. The molecule has 18 heavy (non-hydrogen) atoms. The van der Waals surface area contributed by atoms with E-state index in [-0.39, 0.29) is 5.60 Å². The van der Waals surface area contributed by atoms with Crippen molar-refractivity contribution in [3.63, 3.8) is 0 Å². The second-order valence-corrected chi connectivity index (χ2v) is 4.98. The predicted octanol–water partition coefficient (Wildman–Crippen LogP) is 3.22. The molecule has 1 aliphatic carbocycles. The zero-order valence-corrected chi connectivity index (χ0v) is 10.6. The van der Waals surface area contributed by atoms with Crippen molar-refractivity contribution in [2.45, 2.75) is 24.9 Å². The van der Waals surface area contributed by atoms with Crippen molar-refractivity contribution in [1.29, 1.82) is 0 Å². The fourth-order valence-electron chi connectivity index (χ4n) is 2.44. The van der Waals surface area contributed by atoms with E-state index in [1.54, 1.807) is 7.11 Å². The van der Waals surface area contributed by atoms with Gasteiger partial charge in [0.25, 0.3) is 0 Å². The molecule has 1 saturated carbocycles. The molecule has 1 heterocycles. The number of methoxy groups -OCH3 is 1. The van der Waals surface area contributed by atoms with E-state index in [2.05, 4.69) is 22.4 Å². The molecular formula is C15H18N2O. The average molecular weight is 242 g/mol. The van der Waals surface area contributed by atoms with E-state index in [1.807, 2.05) is 24.3 Å². The van der Waals surface area contributed by atoms with Crippen LogP contribution in [0.5, 0.6) is 0 Å². The first-order chi connectivity index (χ1) is 8.81. The number of hydrogen-bond acceptors (Lipinski definition) is 3. The lowest BCUT2D eigenvalue weighted by atomic mass is 9.80. The number of fused-ring (bicyclic) bond motifs is 1. The van der Waals surface area contributed by atoms with Crippen LogP contribution in [-0.2, 0) is 4.74 Å². The Balaban J connectivity index is 1.74. The topological polar surface area (TPSA) is 34.1 Å². The lowest BCUT2D eigenvalue weighted by Gasteiger charge is -2.40. The molecule has 1 N–H and O–H groups in total. The fraction of sp³-hybridized carbons (Fsp3) is 0.400. The highest BCUT2D eigenvalue weighted by atomic mass is 16.5. The molecule has 3 rings (SSSR count). The first kappa shape index (κ1) is 11.5. The maximum Gasteiger partial charge on any atom is 0.126 e. The molecule has 2 aromatic rings. The fourth-order valence-corrected chi connectivity index (χ4v) is 2.44. The number of rotatable bonds is 4. The van der Waals surface area contributed by atoms with Gasteiger partial charge in [-0.3, -0.25) is 0 Å². The van der Waals surface area contributed by atoms with Crippen LogP contribution in [0.2, 0.25) is 0 Å². The summed E-state index contributed by atoms with van der Waals surface area (Å²) in [6.07, 6.45) is 3.55. The summed E-state index contributed by atoms with van der Waals surface area (Å²) in [5, 5.41) is 4.57. The van der Waals surface area contributed by atoms with Crippen LogP contribution >= 0.6 is 0 Å². The minimum Gasteiger partial charge on any atom is -0.376 e. The standard InChI is InChI=1S/C15H18N2O/c1-18-15(9-4-10-15)11-16-14-8-7-12-5-2-3-6-13(12)17-14/h2-3,5-8H,4,9-11H2,1H3,(H,16,17). The predicted molar refractivity (Wildman–Crippen MR) is 73.8 cm³/mol. The van der Waals surface area contributed by atoms with Gasteiger partial charge in [0.05, 0.1) is 11.1 Å². The number of anilines is 1. The largest absolute Gasteiger partial charge is 0.376 e. The van der Waals surface area contributed by atoms with Gasteiger partial charge in [0, 0.05) is 19.0 Å². The van der Waals surface area contributed by atoms with Gasteiger partial charge in [-0.15, -0.1) is 0 Å². The molecule has 94 valence electrons. The van der Waals surface area contributed by atoms with Crippen molar-refractivity contribution in [3.8, 4) is 0 Å². The maximum atomic E-state index is 5.59. The molecule has 3 nitrogen and oxygen atoms in total. The lowest BCUT2D eigenvalue weighted by Crippen LogP contribution is -2.45. The molecule has 0 bridgehead atoms. The van der Waals surface area contributed by atoms with Crippen LogP contribution in [0.1, 0.15) is 19.3 Å². The SMILES string of the molecule is COC1(CNc2ccc3ccccc3n2)CCC1. The van der Waals surface area contributed by atoms with Gasteiger partial charge in [-0.25, -0.2) is 4.98 Å². The van der Waals surface area contributed by atoms with E-state index in [0.29, 0.717) is 0 Å². The molecule has 1 aromatic carbocycles. The summed E-state index contributed by atoms with van der Waals surface area (Å²) in [5.41, 5.74) is 1.07. The van der Waals surface area contributed by atoms with E-state index < -0.39 is 0 Å². The van der Waals surface area contributed by atoms with Crippen molar-refractivity contribution in [3.05, 3.63) is 36.4 Å². The summed E-state index contributed by atoms with van der Waals surface area (Å²) in [4.78, 5) is 4.60. The van der Waals surface area contributed by atoms with Crippen molar-refractivity contribution < 1.29 is 4.74 Å². The van der Waals surface area contributed by atoms with Gasteiger partial charge in [-0.05, 0) is 37.5 Å². The Morgan fingerprint density at radius 1 is 1.22 bits per heavy atom. The molecule has 1 fully saturated rings. The van der Waals surface area contributed by atoms with Crippen LogP contribution < -0.4 is 5.32 Å². The lowest BCUT2D eigenvalue weighted by molar-refractivity contribution is -0.0601. The summed E-state index contributed by atoms with van der Waals surface area (Å²) < 4.78 is 5.59. The second kappa shape index (κ2) is 4.58. The Labute approximate surface area is 107 Å². The number of pyridine rings is 1. The van der Waals surface area contributed by atoms with Crippen LogP contribution in [-0.4, -0.2) is 24.2 Å². The monoisotopic (exact) mass is 242 g/mol. The molecular weight excluding hydrogens is 224 g/mol. The highest BCUT2D eigenvalue weighted by Gasteiger charge is 2.36. The van der Waals surface area contributed by atoms with Crippen LogP contribution in [0.4, 0.5) is 5.82 Å². The maximum absolute atomic E-state index is 5.59. The summed E-state index contributed by atoms with van der Waals surface area (Å²) in [6, 6.07) is 12.3. The molecule has 0 amide bonds. The number of para-hydroxylation sites is 1. The quantitative estimate of drug-likeness (QED) is 0.894. The van der Waals surface area contributed by atoms with Gasteiger partial charge in [-0.1, -0.05) is 18.2 Å². The molecule has 1 aliphatic rings. The van der Waals surface area contributed by atoms with Crippen molar-refractivity contribution in [2.24, 2.45) is 0 Å². The van der Waals surface area contributed by atoms with E-state index in [9.17, 15) is 0 Å². The molecule has 0 saturated heterocycles. The molecule has 0 radical (unpaired) electrons. The van der Waals surface area contributed by atoms with Crippen molar-refractivity contribution in [2.75, 3.05) is 19.0 Å². The van der Waals surface area contributed by atoms with Gasteiger partial charge < -0.3 is 10.1 Å². The highest BCUT2D eigenvalue weighted by Crippen LogP contribution is 2.35. The number of aromatic nitrogens is 1. The molecule has 3 heteroatoms. The van der Waals surface area contributed by atoms with Gasteiger partial charge in [0.2, 0.25) is 0 Å². The van der Waals surface area contributed by atoms with E-state index in [0.717, 1.165) is 30.7 Å². The molecule has 0 atom stereocenters. The van der Waals surface area contributed by atoms with E-state index >= 15 is 0 Å². The van der Waals surface area contributed by atoms with Crippen LogP contribution in [0.3, 0.4) is 0 Å². The summed E-state index contributed by atoms with van der Waals surface area (Å²) in [6.45, 7) is 0.842. The molecule has 0 unspecified atom stereocenters. The van der Waals surface area contributed by atoms with Crippen molar-refractivity contribution in [1.82, 2.24) is 4.98 Å². The van der Waals surface area contributed by atoms with E-state index in [1.165, 1.54) is 11.8 Å². The van der Waals surface area contributed by atoms with Gasteiger partial charge in [0.1, 0.15) is 5.82 Å². The number of nitrogens with zero attached hydrogens (tertiary/aromatic N) is 1. The second-order valence-electron chi connectivity index (χ2n) is 4.98. The Kier molecular flexibility index (Phi) is 2.92. The molecule has 0 spiro atoms. The van der Waals surface area contributed by atoms with Crippen LogP contribution in [0, 0.1) is 0 Å². The minimum absolute atomic E-state index is 0.0350. The summed E-state index contributed by atoms with van der Waals surface area (Å²) in [5.74, 6) is 0.928. The first-order valence-electron chi connectivity index (χ1n) is 6.46. The normalized spacial score (nSPS) is 17.4. The third kappa shape index (κ3) is 2.06.